The lowest BCUT2D eigenvalue weighted by Crippen LogP contribution is -2.40. The van der Waals surface area contributed by atoms with E-state index in [1.165, 1.54) is 0 Å². The summed E-state index contributed by atoms with van der Waals surface area (Å²) in [5, 5.41) is 11.6. The molecule has 1 aromatic rings. The lowest BCUT2D eigenvalue weighted by atomic mass is 10.0. The quantitative estimate of drug-likeness (QED) is 0.893. The summed E-state index contributed by atoms with van der Waals surface area (Å²) in [5.41, 5.74) is 2.39. The number of carbonyl (C=O) groups excluding carboxylic acids is 1. The van der Waals surface area contributed by atoms with Crippen LogP contribution in [0.15, 0.2) is 16.6 Å². The molecule has 0 fully saturated rings. The molecule has 1 aromatic carbocycles. The Balaban J connectivity index is 2.90. The first kappa shape index (κ1) is 15.7. The molecule has 0 saturated heterocycles. The molecule has 2 N–H and O–H groups in total. The van der Waals surface area contributed by atoms with Gasteiger partial charge in [0.2, 0.25) is 0 Å². The van der Waals surface area contributed by atoms with E-state index in [0.717, 1.165) is 15.6 Å². The molecule has 0 spiro atoms. The molecular formula is C14H18BrNO3. The summed E-state index contributed by atoms with van der Waals surface area (Å²) in [6.07, 6.45) is 0. The van der Waals surface area contributed by atoms with Crippen LogP contribution in [0.25, 0.3) is 0 Å². The number of amides is 1. The van der Waals surface area contributed by atoms with E-state index in [4.69, 9.17) is 5.11 Å². The minimum Gasteiger partial charge on any atom is -0.481 e. The van der Waals surface area contributed by atoms with Crippen molar-refractivity contribution in [2.24, 2.45) is 5.92 Å². The molecule has 0 heterocycles. The number of carboxylic acids is 1. The lowest BCUT2D eigenvalue weighted by Gasteiger charge is -2.18. The van der Waals surface area contributed by atoms with Gasteiger partial charge in [0.05, 0.1) is 5.92 Å². The van der Waals surface area contributed by atoms with E-state index in [-0.39, 0.29) is 5.91 Å². The zero-order valence-electron chi connectivity index (χ0n) is 11.5. The van der Waals surface area contributed by atoms with Crippen LogP contribution in [0.5, 0.6) is 0 Å². The maximum absolute atomic E-state index is 12.1. The van der Waals surface area contributed by atoms with Crippen molar-refractivity contribution < 1.29 is 14.7 Å². The van der Waals surface area contributed by atoms with Crippen LogP contribution in [-0.2, 0) is 4.79 Å². The standard InChI is InChI=1S/C14H18BrNO3/c1-7-6-12(15)8(2)5-11(7)13(17)16-10(4)9(3)14(18)19/h5-6,9-10H,1-4H3,(H,16,17)(H,18,19). The molecule has 0 radical (unpaired) electrons. The molecule has 2 unspecified atom stereocenters. The normalized spacial score (nSPS) is 13.7. The smallest absolute Gasteiger partial charge is 0.308 e. The Morgan fingerprint density at radius 3 is 2.32 bits per heavy atom. The Morgan fingerprint density at radius 1 is 1.21 bits per heavy atom. The van der Waals surface area contributed by atoms with Crippen molar-refractivity contribution in [3.8, 4) is 0 Å². The van der Waals surface area contributed by atoms with Gasteiger partial charge in [-0.1, -0.05) is 15.9 Å². The molecule has 0 saturated carbocycles. The van der Waals surface area contributed by atoms with Gasteiger partial charge in [0.25, 0.3) is 5.91 Å². The summed E-state index contributed by atoms with van der Waals surface area (Å²) in [5.74, 6) is -1.79. The zero-order chi connectivity index (χ0) is 14.7. The van der Waals surface area contributed by atoms with E-state index in [0.29, 0.717) is 5.56 Å². The summed E-state index contributed by atoms with van der Waals surface area (Å²) in [7, 11) is 0. The number of hydrogen-bond donors (Lipinski definition) is 2. The minimum atomic E-state index is -0.920. The van der Waals surface area contributed by atoms with Crippen molar-refractivity contribution in [1.29, 1.82) is 0 Å². The maximum Gasteiger partial charge on any atom is 0.308 e. The first-order valence-electron chi connectivity index (χ1n) is 6.04. The van der Waals surface area contributed by atoms with Gasteiger partial charge in [-0.2, -0.15) is 0 Å². The molecule has 104 valence electrons. The van der Waals surface area contributed by atoms with Crippen LogP contribution >= 0.6 is 15.9 Å². The second-order valence-corrected chi connectivity index (χ2v) is 5.66. The van der Waals surface area contributed by atoms with Gasteiger partial charge in [-0.15, -0.1) is 0 Å². The predicted octanol–water partition coefficient (Wildman–Crippen LogP) is 2.90. The molecule has 2 atom stereocenters. The predicted molar refractivity (Wildman–Crippen MR) is 77.3 cm³/mol. The van der Waals surface area contributed by atoms with E-state index in [9.17, 15) is 9.59 Å². The summed E-state index contributed by atoms with van der Waals surface area (Å²) >= 11 is 3.41. The third-order valence-corrected chi connectivity index (χ3v) is 4.10. The average Bonchev–Trinajstić information content (AvgIpc) is 2.32. The van der Waals surface area contributed by atoms with Gasteiger partial charge >= 0.3 is 5.97 Å². The Kier molecular flexibility index (Phi) is 5.11. The number of aryl methyl sites for hydroxylation is 2. The third-order valence-electron chi connectivity index (χ3n) is 3.25. The Hall–Kier alpha value is -1.36. The van der Waals surface area contributed by atoms with Gasteiger partial charge in [0, 0.05) is 16.1 Å². The second-order valence-electron chi connectivity index (χ2n) is 4.81. The van der Waals surface area contributed by atoms with Crippen molar-refractivity contribution in [3.63, 3.8) is 0 Å². The molecule has 0 aliphatic carbocycles. The molecule has 0 aliphatic rings. The minimum absolute atomic E-state index is 0.242. The van der Waals surface area contributed by atoms with Crippen LogP contribution in [0, 0.1) is 19.8 Å². The number of aliphatic carboxylic acids is 1. The SMILES string of the molecule is Cc1cc(C(=O)NC(C)C(C)C(=O)O)c(C)cc1Br. The molecule has 0 aromatic heterocycles. The van der Waals surface area contributed by atoms with Crippen LogP contribution in [0.4, 0.5) is 0 Å². The first-order chi connectivity index (χ1) is 8.73. The van der Waals surface area contributed by atoms with Crippen molar-refractivity contribution in [1.82, 2.24) is 5.32 Å². The highest BCUT2D eigenvalue weighted by molar-refractivity contribution is 9.10. The van der Waals surface area contributed by atoms with E-state index in [1.54, 1.807) is 19.9 Å². The van der Waals surface area contributed by atoms with Gasteiger partial charge in [-0.3, -0.25) is 9.59 Å². The van der Waals surface area contributed by atoms with Crippen molar-refractivity contribution >= 4 is 27.8 Å². The largest absolute Gasteiger partial charge is 0.481 e. The fourth-order valence-corrected chi connectivity index (χ4v) is 2.11. The van der Waals surface area contributed by atoms with E-state index in [1.807, 2.05) is 19.9 Å². The van der Waals surface area contributed by atoms with Crippen LogP contribution in [0.2, 0.25) is 0 Å². The Bertz CT molecular complexity index is 514. The molecule has 1 amide bonds. The van der Waals surface area contributed by atoms with Gasteiger partial charge < -0.3 is 10.4 Å². The number of hydrogen-bond acceptors (Lipinski definition) is 2. The summed E-state index contributed by atoms with van der Waals surface area (Å²) in [6.45, 7) is 7.03. The van der Waals surface area contributed by atoms with Gasteiger partial charge in [-0.05, 0) is 51.0 Å². The fraction of sp³-hybridized carbons (Fsp3) is 0.429. The number of carbonyl (C=O) groups is 2. The zero-order valence-corrected chi connectivity index (χ0v) is 13.0. The molecule has 5 heteroatoms. The molecule has 4 nitrogen and oxygen atoms in total. The number of nitrogens with one attached hydrogen (secondary N) is 1. The topological polar surface area (TPSA) is 66.4 Å². The third kappa shape index (κ3) is 3.80. The number of halogens is 1. The Morgan fingerprint density at radius 2 is 1.79 bits per heavy atom. The monoisotopic (exact) mass is 327 g/mol. The van der Waals surface area contributed by atoms with Gasteiger partial charge in [0.1, 0.15) is 0 Å². The summed E-state index contributed by atoms with van der Waals surface area (Å²) < 4.78 is 0.952. The molecular weight excluding hydrogens is 310 g/mol. The van der Waals surface area contributed by atoms with Gasteiger partial charge in [-0.25, -0.2) is 0 Å². The van der Waals surface area contributed by atoms with Crippen molar-refractivity contribution in [2.75, 3.05) is 0 Å². The van der Waals surface area contributed by atoms with Gasteiger partial charge in [0.15, 0.2) is 0 Å². The summed E-state index contributed by atoms with van der Waals surface area (Å²) in [4.78, 5) is 23.0. The molecule has 0 aliphatic heterocycles. The van der Waals surface area contributed by atoms with E-state index < -0.39 is 17.9 Å². The van der Waals surface area contributed by atoms with E-state index in [2.05, 4.69) is 21.2 Å². The van der Waals surface area contributed by atoms with Crippen LogP contribution < -0.4 is 5.32 Å². The number of carboxylic acid groups (broad SMARTS) is 1. The Labute approximate surface area is 121 Å². The highest BCUT2D eigenvalue weighted by Crippen LogP contribution is 2.21. The average molecular weight is 328 g/mol. The van der Waals surface area contributed by atoms with Crippen LogP contribution in [0.3, 0.4) is 0 Å². The van der Waals surface area contributed by atoms with Crippen LogP contribution in [-0.4, -0.2) is 23.0 Å². The fourth-order valence-electron chi connectivity index (χ4n) is 1.65. The van der Waals surface area contributed by atoms with E-state index >= 15 is 0 Å². The summed E-state index contributed by atoms with van der Waals surface area (Å²) in [6, 6.07) is 3.26. The first-order valence-corrected chi connectivity index (χ1v) is 6.83. The molecule has 1 rings (SSSR count). The van der Waals surface area contributed by atoms with Crippen molar-refractivity contribution in [2.45, 2.75) is 33.7 Å². The van der Waals surface area contributed by atoms with Crippen LogP contribution in [0.1, 0.15) is 35.3 Å². The maximum atomic E-state index is 12.1. The molecule has 19 heavy (non-hydrogen) atoms. The number of rotatable bonds is 4. The highest BCUT2D eigenvalue weighted by Gasteiger charge is 2.22. The van der Waals surface area contributed by atoms with Crippen molar-refractivity contribution in [3.05, 3.63) is 33.3 Å². The second kappa shape index (κ2) is 6.19. The lowest BCUT2D eigenvalue weighted by molar-refractivity contribution is -0.141. The highest BCUT2D eigenvalue weighted by atomic mass is 79.9. The molecule has 0 bridgehead atoms. The number of benzene rings is 1.